The second kappa shape index (κ2) is 6.56. The van der Waals surface area contributed by atoms with Crippen LogP contribution in [0.25, 0.3) is 6.08 Å². The lowest BCUT2D eigenvalue weighted by Crippen LogP contribution is -2.09. The van der Waals surface area contributed by atoms with Gasteiger partial charge in [-0.25, -0.2) is 4.39 Å². The Morgan fingerprint density at radius 2 is 2.30 bits per heavy atom. The summed E-state index contributed by atoms with van der Waals surface area (Å²) in [5, 5.41) is 2.63. The summed E-state index contributed by atoms with van der Waals surface area (Å²) < 4.78 is 23.5. The summed E-state index contributed by atoms with van der Waals surface area (Å²) in [6, 6.07) is 7.40. The molecule has 0 atom stereocenters. The van der Waals surface area contributed by atoms with Gasteiger partial charge in [0.05, 0.1) is 18.6 Å². The lowest BCUT2D eigenvalue weighted by molar-refractivity contribution is -0.111. The molecule has 0 saturated carbocycles. The van der Waals surface area contributed by atoms with E-state index in [-0.39, 0.29) is 5.91 Å². The Morgan fingerprint density at radius 3 is 3.00 bits per heavy atom. The normalized spacial score (nSPS) is 10.7. The van der Waals surface area contributed by atoms with Crippen molar-refractivity contribution in [2.45, 2.75) is 6.92 Å². The highest BCUT2D eigenvalue weighted by Crippen LogP contribution is 2.25. The van der Waals surface area contributed by atoms with Crippen molar-refractivity contribution in [1.82, 2.24) is 0 Å². The second-order valence-corrected chi connectivity index (χ2v) is 3.91. The van der Waals surface area contributed by atoms with E-state index in [0.717, 1.165) is 0 Å². The van der Waals surface area contributed by atoms with Crippen LogP contribution in [0.2, 0.25) is 0 Å². The van der Waals surface area contributed by atoms with Crippen LogP contribution in [-0.4, -0.2) is 12.5 Å². The molecule has 2 rings (SSSR count). The van der Waals surface area contributed by atoms with Gasteiger partial charge < -0.3 is 14.5 Å². The van der Waals surface area contributed by atoms with E-state index in [1.807, 2.05) is 0 Å². The van der Waals surface area contributed by atoms with Crippen molar-refractivity contribution in [2.24, 2.45) is 0 Å². The van der Waals surface area contributed by atoms with Gasteiger partial charge in [-0.15, -0.1) is 0 Å². The summed E-state index contributed by atoms with van der Waals surface area (Å²) in [4.78, 5) is 11.8. The Morgan fingerprint density at radius 1 is 1.45 bits per heavy atom. The molecule has 0 saturated heterocycles. The van der Waals surface area contributed by atoms with Gasteiger partial charge in [-0.3, -0.25) is 4.79 Å². The molecule has 5 heteroatoms. The summed E-state index contributed by atoms with van der Waals surface area (Å²) in [6.45, 7) is 2.17. The topological polar surface area (TPSA) is 51.5 Å². The first kappa shape index (κ1) is 13.9. The number of rotatable bonds is 5. The Bertz CT molecular complexity index is 606. The molecular formula is C15H14FNO3. The smallest absolute Gasteiger partial charge is 0.248 e. The third kappa shape index (κ3) is 3.71. The number of benzene rings is 1. The van der Waals surface area contributed by atoms with Crippen molar-refractivity contribution in [3.8, 4) is 5.75 Å². The van der Waals surface area contributed by atoms with E-state index >= 15 is 0 Å². The molecule has 1 N–H and O–H groups in total. The number of hydrogen-bond donors (Lipinski definition) is 1. The Hall–Kier alpha value is -2.56. The number of carbonyl (C=O) groups excluding carboxylic acids is 1. The molecule has 20 heavy (non-hydrogen) atoms. The first-order valence-corrected chi connectivity index (χ1v) is 6.14. The molecule has 1 aromatic heterocycles. The Labute approximate surface area is 115 Å². The molecule has 104 valence electrons. The van der Waals surface area contributed by atoms with Crippen LogP contribution in [0.15, 0.2) is 47.1 Å². The quantitative estimate of drug-likeness (QED) is 0.850. The first-order chi connectivity index (χ1) is 9.69. The maximum absolute atomic E-state index is 13.1. The molecule has 4 nitrogen and oxygen atoms in total. The van der Waals surface area contributed by atoms with Gasteiger partial charge in [-0.2, -0.15) is 0 Å². The molecule has 0 aliphatic carbocycles. The maximum Gasteiger partial charge on any atom is 0.248 e. The predicted octanol–water partition coefficient (Wildman–Crippen LogP) is 3.47. The monoisotopic (exact) mass is 275 g/mol. The number of ether oxygens (including phenoxy) is 1. The summed E-state index contributed by atoms with van der Waals surface area (Å²) in [5.41, 5.74) is 0.419. The highest BCUT2D eigenvalue weighted by molar-refractivity contribution is 6.02. The molecule has 1 aromatic carbocycles. The van der Waals surface area contributed by atoms with E-state index in [4.69, 9.17) is 9.15 Å². The van der Waals surface area contributed by atoms with Crippen molar-refractivity contribution in [1.29, 1.82) is 0 Å². The second-order valence-electron chi connectivity index (χ2n) is 3.91. The lowest BCUT2D eigenvalue weighted by Gasteiger charge is -2.10. The van der Waals surface area contributed by atoms with Crippen molar-refractivity contribution >= 4 is 17.7 Å². The standard InChI is InChI=1S/C15H14FNO3/c1-2-19-14-10-11(16)5-7-13(14)17-15(18)8-6-12-4-3-9-20-12/h3-10H,2H2,1H3,(H,17,18)/b8-6+. The van der Waals surface area contributed by atoms with Crippen LogP contribution in [0.1, 0.15) is 12.7 Å². The van der Waals surface area contributed by atoms with Gasteiger partial charge in [-0.05, 0) is 37.3 Å². The molecule has 2 aromatic rings. The van der Waals surface area contributed by atoms with E-state index in [1.165, 1.54) is 30.5 Å². The van der Waals surface area contributed by atoms with Gasteiger partial charge in [-0.1, -0.05) is 0 Å². The zero-order valence-electron chi connectivity index (χ0n) is 10.9. The van der Waals surface area contributed by atoms with Gasteiger partial charge >= 0.3 is 0 Å². The fourth-order valence-electron chi connectivity index (χ4n) is 1.59. The zero-order valence-corrected chi connectivity index (χ0v) is 10.9. The fraction of sp³-hybridized carbons (Fsp3) is 0.133. The minimum atomic E-state index is -0.419. The molecule has 0 unspecified atom stereocenters. The molecule has 0 bridgehead atoms. The number of nitrogens with one attached hydrogen (secondary N) is 1. The maximum atomic E-state index is 13.1. The molecule has 1 heterocycles. The number of hydrogen-bond acceptors (Lipinski definition) is 3. The molecule has 0 spiro atoms. The predicted molar refractivity (Wildman–Crippen MR) is 73.9 cm³/mol. The number of carbonyl (C=O) groups is 1. The van der Waals surface area contributed by atoms with Crippen LogP contribution in [-0.2, 0) is 4.79 Å². The average Bonchev–Trinajstić information content (AvgIpc) is 2.93. The van der Waals surface area contributed by atoms with E-state index in [0.29, 0.717) is 23.8 Å². The zero-order chi connectivity index (χ0) is 14.4. The highest BCUT2D eigenvalue weighted by Gasteiger charge is 2.07. The molecule has 0 aliphatic heterocycles. The highest BCUT2D eigenvalue weighted by atomic mass is 19.1. The van der Waals surface area contributed by atoms with Crippen LogP contribution in [0.4, 0.5) is 10.1 Å². The summed E-state index contributed by atoms with van der Waals surface area (Å²) in [7, 11) is 0. The SMILES string of the molecule is CCOc1cc(F)ccc1NC(=O)/C=C/c1ccco1. The van der Waals surface area contributed by atoms with Crippen molar-refractivity contribution in [3.63, 3.8) is 0 Å². The van der Waals surface area contributed by atoms with Gasteiger partial charge in [0, 0.05) is 12.1 Å². The molecular weight excluding hydrogens is 261 g/mol. The minimum Gasteiger partial charge on any atom is -0.492 e. The Balaban J connectivity index is 2.07. The van der Waals surface area contributed by atoms with Crippen molar-refractivity contribution in [3.05, 3.63) is 54.2 Å². The first-order valence-electron chi connectivity index (χ1n) is 6.14. The van der Waals surface area contributed by atoms with Crippen LogP contribution in [0.3, 0.4) is 0 Å². The summed E-state index contributed by atoms with van der Waals surface area (Å²) >= 11 is 0. The van der Waals surface area contributed by atoms with Crippen LogP contribution >= 0.6 is 0 Å². The van der Waals surface area contributed by atoms with E-state index in [9.17, 15) is 9.18 Å². The largest absolute Gasteiger partial charge is 0.492 e. The summed E-state index contributed by atoms with van der Waals surface area (Å²) in [5.74, 6) is 0.100. The number of furan rings is 1. The Kier molecular flexibility index (Phi) is 4.55. The van der Waals surface area contributed by atoms with Gasteiger partial charge in [0.2, 0.25) is 5.91 Å². The molecule has 0 fully saturated rings. The van der Waals surface area contributed by atoms with Gasteiger partial charge in [0.25, 0.3) is 0 Å². The fourth-order valence-corrected chi connectivity index (χ4v) is 1.59. The van der Waals surface area contributed by atoms with Crippen molar-refractivity contribution in [2.75, 3.05) is 11.9 Å². The molecule has 0 aliphatic rings. The lowest BCUT2D eigenvalue weighted by atomic mass is 10.2. The third-order valence-corrected chi connectivity index (χ3v) is 2.44. The number of anilines is 1. The molecule has 1 amide bonds. The number of amides is 1. The average molecular weight is 275 g/mol. The van der Waals surface area contributed by atoms with Crippen LogP contribution in [0, 0.1) is 5.82 Å². The summed E-state index contributed by atoms with van der Waals surface area (Å²) in [6.07, 6.45) is 4.39. The molecule has 0 radical (unpaired) electrons. The van der Waals surface area contributed by atoms with Gasteiger partial charge in [0.1, 0.15) is 17.3 Å². The third-order valence-electron chi connectivity index (χ3n) is 2.44. The van der Waals surface area contributed by atoms with Crippen LogP contribution < -0.4 is 10.1 Å². The van der Waals surface area contributed by atoms with E-state index in [2.05, 4.69) is 5.32 Å². The minimum absolute atomic E-state index is 0.298. The van der Waals surface area contributed by atoms with Gasteiger partial charge in [0.15, 0.2) is 0 Å². The van der Waals surface area contributed by atoms with E-state index < -0.39 is 5.82 Å². The van der Waals surface area contributed by atoms with E-state index in [1.54, 1.807) is 25.1 Å². The van der Waals surface area contributed by atoms with Crippen LogP contribution in [0.5, 0.6) is 5.75 Å². The van der Waals surface area contributed by atoms with Crippen molar-refractivity contribution < 1.29 is 18.3 Å². The number of halogens is 1.